The minimum absolute atomic E-state index is 0.571. The third-order valence-electron chi connectivity index (χ3n) is 2.90. The van der Waals surface area contributed by atoms with E-state index >= 15 is 0 Å². The van der Waals surface area contributed by atoms with Gasteiger partial charge in [-0.05, 0) is 27.9 Å². The maximum Gasteiger partial charge on any atom is 0.0634 e. The molecule has 0 aromatic heterocycles. The largest absolute Gasteiger partial charge is 0.378 e. The maximum atomic E-state index is 5.46. The van der Waals surface area contributed by atoms with Crippen LogP contribution in [0.4, 0.5) is 0 Å². The van der Waals surface area contributed by atoms with Crippen molar-refractivity contribution in [1.29, 1.82) is 0 Å². The maximum absolute atomic E-state index is 5.46. The van der Waals surface area contributed by atoms with E-state index in [1.807, 2.05) is 0 Å². The first-order chi connectivity index (χ1) is 6.11. The molecular formula is C10H22N2O. The van der Waals surface area contributed by atoms with Gasteiger partial charge in [-0.15, -0.1) is 0 Å². The molecule has 1 atom stereocenters. The molecule has 13 heavy (non-hydrogen) atoms. The van der Waals surface area contributed by atoms with Gasteiger partial charge in [-0.3, -0.25) is 4.90 Å². The van der Waals surface area contributed by atoms with Crippen LogP contribution in [0.3, 0.4) is 0 Å². The molecule has 0 aliphatic carbocycles. The molecular weight excluding hydrogens is 164 g/mol. The Kier molecular flexibility index (Phi) is 4.16. The Morgan fingerprint density at radius 2 is 2.23 bits per heavy atom. The second-order valence-corrected chi connectivity index (χ2v) is 4.24. The van der Waals surface area contributed by atoms with E-state index in [0.717, 1.165) is 26.3 Å². The summed E-state index contributed by atoms with van der Waals surface area (Å²) in [6, 6.07) is 1.19. The van der Waals surface area contributed by atoms with Crippen LogP contribution in [0.15, 0.2) is 0 Å². The smallest absolute Gasteiger partial charge is 0.0634 e. The van der Waals surface area contributed by atoms with E-state index < -0.39 is 0 Å². The molecule has 1 heterocycles. The molecule has 1 aliphatic heterocycles. The molecule has 0 N–H and O–H groups in total. The van der Waals surface area contributed by atoms with E-state index in [9.17, 15) is 0 Å². The van der Waals surface area contributed by atoms with E-state index in [0.29, 0.717) is 12.1 Å². The summed E-state index contributed by atoms with van der Waals surface area (Å²) >= 11 is 0. The predicted octanol–water partition coefficient (Wildman–Crippen LogP) is 0.657. The molecule has 0 aromatic rings. The van der Waals surface area contributed by atoms with Gasteiger partial charge in [-0.25, -0.2) is 0 Å². The van der Waals surface area contributed by atoms with Gasteiger partial charge < -0.3 is 9.64 Å². The summed E-state index contributed by atoms with van der Waals surface area (Å²) in [7, 11) is 4.36. The summed E-state index contributed by atoms with van der Waals surface area (Å²) in [4.78, 5) is 4.76. The minimum atomic E-state index is 0.571. The van der Waals surface area contributed by atoms with E-state index in [1.54, 1.807) is 0 Å². The van der Waals surface area contributed by atoms with Crippen LogP contribution >= 0.6 is 0 Å². The number of hydrogen-bond acceptors (Lipinski definition) is 3. The zero-order chi connectivity index (χ0) is 9.84. The van der Waals surface area contributed by atoms with Crippen molar-refractivity contribution in [1.82, 2.24) is 9.80 Å². The molecule has 78 valence electrons. The Labute approximate surface area is 81.7 Å². The Morgan fingerprint density at radius 3 is 2.77 bits per heavy atom. The molecule has 3 heteroatoms. The average Bonchev–Trinajstić information content (AvgIpc) is 2.08. The summed E-state index contributed by atoms with van der Waals surface area (Å²) in [5.74, 6) is 0. The summed E-state index contributed by atoms with van der Waals surface area (Å²) in [6.45, 7) is 8.39. The predicted molar refractivity (Wildman–Crippen MR) is 55.0 cm³/mol. The third kappa shape index (κ3) is 3.25. The summed E-state index contributed by atoms with van der Waals surface area (Å²) < 4.78 is 5.46. The van der Waals surface area contributed by atoms with Gasteiger partial charge in [0.05, 0.1) is 13.2 Å². The molecule has 1 rings (SSSR count). The van der Waals surface area contributed by atoms with Gasteiger partial charge >= 0.3 is 0 Å². The zero-order valence-electron chi connectivity index (χ0n) is 9.29. The fraction of sp³-hybridized carbons (Fsp3) is 1.00. The van der Waals surface area contributed by atoms with Crippen LogP contribution in [0.5, 0.6) is 0 Å². The molecule has 0 radical (unpaired) electrons. The lowest BCUT2D eigenvalue weighted by Crippen LogP contribution is -2.49. The zero-order valence-corrected chi connectivity index (χ0v) is 9.29. The van der Waals surface area contributed by atoms with Gasteiger partial charge in [0, 0.05) is 25.2 Å². The number of ether oxygens (including phenoxy) is 1. The number of morpholine rings is 1. The number of nitrogens with zero attached hydrogens (tertiary/aromatic N) is 2. The highest BCUT2D eigenvalue weighted by Gasteiger charge is 2.21. The first-order valence-corrected chi connectivity index (χ1v) is 5.09. The molecule has 1 saturated heterocycles. The van der Waals surface area contributed by atoms with Crippen LogP contribution in [-0.4, -0.2) is 62.3 Å². The molecule has 0 aromatic carbocycles. The van der Waals surface area contributed by atoms with Crippen molar-refractivity contribution in [2.75, 3.05) is 40.4 Å². The van der Waals surface area contributed by atoms with Gasteiger partial charge in [-0.1, -0.05) is 0 Å². The fourth-order valence-electron chi connectivity index (χ4n) is 1.47. The number of rotatable bonds is 3. The van der Waals surface area contributed by atoms with Crippen LogP contribution in [0.1, 0.15) is 13.8 Å². The van der Waals surface area contributed by atoms with Crippen molar-refractivity contribution in [3.8, 4) is 0 Å². The van der Waals surface area contributed by atoms with Gasteiger partial charge in [0.15, 0.2) is 0 Å². The van der Waals surface area contributed by atoms with E-state index in [1.165, 1.54) is 0 Å². The lowest BCUT2D eigenvalue weighted by Gasteiger charge is -2.36. The van der Waals surface area contributed by atoms with Crippen LogP contribution in [0, 0.1) is 0 Å². The molecule has 3 nitrogen and oxygen atoms in total. The highest BCUT2D eigenvalue weighted by Crippen LogP contribution is 2.06. The van der Waals surface area contributed by atoms with Gasteiger partial charge in [0.1, 0.15) is 0 Å². The first-order valence-electron chi connectivity index (χ1n) is 5.09. The van der Waals surface area contributed by atoms with Crippen molar-refractivity contribution in [2.45, 2.75) is 25.9 Å². The molecule has 0 saturated carbocycles. The van der Waals surface area contributed by atoms with Gasteiger partial charge in [-0.2, -0.15) is 0 Å². The van der Waals surface area contributed by atoms with Crippen molar-refractivity contribution < 1.29 is 4.74 Å². The van der Waals surface area contributed by atoms with Crippen LogP contribution in [-0.2, 0) is 4.74 Å². The lowest BCUT2D eigenvalue weighted by atomic mass is 10.2. The highest BCUT2D eigenvalue weighted by molar-refractivity contribution is 4.76. The first kappa shape index (κ1) is 11.0. The van der Waals surface area contributed by atoms with E-state index in [-0.39, 0.29) is 0 Å². The minimum Gasteiger partial charge on any atom is -0.378 e. The quantitative estimate of drug-likeness (QED) is 0.644. The van der Waals surface area contributed by atoms with Crippen molar-refractivity contribution >= 4 is 0 Å². The Morgan fingerprint density at radius 1 is 1.54 bits per heavy atom. The van der Waals surface area contributed by atoms with Gasteiger partial charge in [0.2, 0.25) is 0 Å². The third-order valence-corrected chi connectivity index (χ3v) is 2.90. The van der Waals surface area contributed by atoms with Crippen molar-refractivity contribution in [2.24, 2.45) is 0 Å². The molecule has 0 amide bonds. The van der Waals surface area contributed by atoms with Crippen molar-refractivity contribution in [3.05, 3.63) is 0 Å². The van der Waals surface area contributed by atoms with Crippen LogP contribution in [0.2, 0.25) is 0 Å². The number of hydrogen-bond donors (Lipinski definition) is 0. The molecule has 1 aliphatic rings. The monoisotopic (exact) mass is 186 g/mol. The van der Waals surface area contributed by atoms with E-state index in [2.05, 4.69) is 37.7 Å². The average molecular weight is 186 g/mol. The van der Waals surface area contributed by atoms with Crippen LogP contribution in [0.25, 0.3) is 0 Å². The Bertz CT molecular complexity index is 150. The molecule has 1 unspecified atom stereocenters. The summed E-state index contributed by atoms with van der Waals surface area (Å²) in [5.41, 5.74) is 0. The number of likely N-dealkylation sites (N-methyl/N-ethyl adjacent to an activating group) is 2. The normalized spacial score (nSPS) is 25.8. The van der Waals surface area contributed by atoms with Crippen LogP contribution < -0.4 is 0 Å². The molecule has 0 spiro atoms. The molecule has 0 bridgehead atoms. The standard InChI is InChI=1S/C10H22N2O/c1-9(2)12(4)7-10-8-13-6-5-11(10)3/h9-10H,5-8H2,1-4H3. The second-order valence-electron chi connectivity index (χ2n) is 4.24. The Hall–Kier alpha value is -0.120. The summed E-state index contributed by atoms with van der Waals surface area (Å²) in [6.07, 6.45) is 0. The topological polar surface area (TPSA) is 15.7 Å². The van der Waals surface area contributed by atoms with Gasteiger partial charge in [0.25, 0.3) is 0 Å². The fourth-order valence-corrected chi connectivity index (χ4v) is 1.47. The Balaban J connectivity index is 2.33. The molecule has 1 fully saturated rings. The van der Waals surface area contributed by atoms with Crippen molar-refractivity contribution in [3.63, 3.8) is 0 Å². The summed E-state index contributed by atoms with van der Waals surface area (Å²) in [5, 5.41) is 0. The highest BCUT2D eigenvalue weighted by atomic mass is 16.5. The van der Waals surface area contributed by atoms with E-state index in [4.69, 9.17) is 4.74 Å². The SMILES string of the molecule is CC(C)N(C)CC1COCCN1C. The lowest BCUT2D eigenvalue weighted by molar-refractivity contribution is -0.00744. The second kappa shape index (κ2) is 4.94.